The van der Waals surface area contributed by atoms with Gasteiger partial charge < -0.3 is 21.1 Å². The molecule has 0 aliphatic carbocycles. The van der Waals surface area contributed by atoms with Gasteiger partial charge in [-0.25, -0.2) is 4.99 Å². The Balaban J connectivity index is 1.66. The number of rotatable bonds is 4. The number of nitrogens with zero attached hydrogens (tertiary/aromatic N) is 1. The SMILES string of the molecule is CNC(=O)c1cccc(CN=C(N)NC2CCOc3ccccc32)c1. The number of carbonyl (C=O) groups is 1. The van der Waals surface area contributed by atoms with E-state index < -0.39 is 0 Å². The molecule has 25 heavy (non-hydrogen) atoms. The van der Waals surface area contributed by atoms with Gasteiger partial charge in [0.05, 0.1) is 19.2 Å². The van der Waals surface area contributed by atoms with Crippen LogP contribution in [0.5, 0.6) is 5.75 Å². The van der Waals surface area contributed by atoms with Crippen LogP contribution in [0.2, 0.25) is 0 Å². The highest BCUT2D eigenvalue weighted by molar-refractivity contribution is 5.94. The second kappa shape index (κ2) is 7.70. The van der Waals surface area contributed by atoms with Crippen molar-refractivity contribution in [1.82, 2.24) is 10.6 Å². The number of nitrogens with two attached hydrogens (primary N) is 1. The average Bonchev–Trinajstić information content (AvgIpc) is 2.66. The molecule has 0 saturated carbocycles. The number of carbonyl (C=O) groups excluding carboxylic acids is 1. The molecule has 1 atom stereocenters. The fraction of sp³-hybridized carbons (Fsp3) is 0.263. The van der Waals surface area contributed by atoms with Crippen LogP contribution in [0.3, 0.4) is 0 Å². The van der Waals surface area contributed by atoms with Crippen molar-refractivity contribution in [2.24, 2.45) is 10.7 Å². The third-order valence-corrected chi connectivity index (χ3v) is 4.13. The molecule has 0 fully saturated rings. The van der Waals surface area contributed by atoms with E-state index in [1.165, 1.54) is 0 Å². The molecule has 0 bridgehead atoms. The first-order chi connectivity index (χ1) is 12.2. The zero-order chi connectivity index (χ0) is 17.6. The third kappa shape index (κ3) is 4.09. The van der Waals surface area contributed by atoms with Crippen molar-refractivity contribution in [3.63, 3.8) is 0 Å². The summed E-state index contributed by atoms with van der Waals surface area (Å²) in [6, 6.07) is 15.4. The predicted molar refractivity (Wildman–Crippen MR) is 97.6 cm³/mol. The van der Waals surface area contributed by atoms with Gasteiger partial charge in [0.15, 0.2) is 5.96 Å². The van der Waals surface area contributed by atoms with Gasteiger partial charge >= 0.3 is 0 Å². The molecule has 0 aromatic heterocycles. The molecule has 1 unspecified atom stereocenters. The summed E-state index contributed by atoms with van der Waals surface area (Å²) in [7, 11) is 1.61. The predicted octanol–water partition coefficient (Wildman–Crippen LogP) is 1.97. The summed E-state index contributed by atoms with van der Waals surface area (Å²) < 4.78 is 5.65. The molecule has 1 aliphatic rings. The van der Waals surface area contributed by atoms with Gasteiger partial charge in [0, 0.05) is 24.6 Å². The number of aliphatic imine (C=N–C) groups is 1. The fourth-order valence-corrected chi connectivity index (χ4v) is 2.85. The maximum absolute atomic E-state index is 11.7. The smallest absolute Gasteiger partial charge is 0.251 e. The Labute approximate surface area is 147 Å². The van der Waals surface area contributed by atoms with Gasteiger partial charge in [-0.05, 0) is 23.8 Å². The molecule has 6 nitrogen and oxygen atoms in total. The van der Waals surface area contributed by atoms with Gasteiger partial charge in [0.2, 0.25) is 0 Å². The third-order valence-electron chi connectivity index (χ3n) is 4.13. The minimum Gasteiger partial charge on any atom is -0.493 e. The van der Waals surface area contributed by atoms with Crippen molar-refractivity contribution in [2.45, 2.75) is 19.0 Å². The first-order valence-electron chi connectivity index (χ1n) is 8.26. The first kappa shape index (κ1) is 16.8. The Morgan fingerprint density at radius 1 is 1.28 bits per heavy atom. The molecule has 2 aromatic carbocycles. The molecule has 130 valence electrons. The summed E-state index contributed by atoms with van der Waals surface area (Å²) in [5.74, 6) is 1.15. The molecule has 1 aliphatic heterocycles. The second-order valence-corrected chi connectivity index (χ2v) is 5.85. The lowest BCUT2D eigenvalue weighted by atomic mass is 10.0. The molecular formula is C19H22N4O2. The number of ether oxygens (including phenoxy) is 1. The topological polar surface area (TPSA) is 88.7 Å². The molecule has 4 N–H and O–H groups in total. The van der Waals surface area contributed by atoms with Crippen molar-refractivity contribution in [3.8, 4) is 5.75 Å². The number of hydrogen-bond donors (Lipinski definition) is 3. The van der Waals surface area contributed by atoms with E-state index >= 15 is 0 Å². The summed E-state index contributed by atoms with van der Waals surface area (Å²) in [4.78, 5) is 16.1. The molecule has 1 amide bonds. The van der Waals surface area contributed by atoms with E-state index in [1.54, 1.807) is 13.1 Å². The summed E-state index contributed by atoms with van der Waals surface area (Å²) >= 11 is 0. The highest BCUT2D eigenvalue weighted by Crippen LogP contribution is 2.31. The lowest BCUT2D eigenvalue weighted by Crippen LogP contribution is -2.37. The minimum atomic E-state index is -0.115. The van der Waals surface area contributed by atoms with Crippen LogP contribution in [-0.2, 0) is 6.54 Å². The molecule has 0 saturated heterocycles. The minimum absolute atomic E-state index is 0.0888. The Morgan fingerprint density at radius 2 is 2.12 bits per heavy atom. The van der Waals surface area contributed by atoms with Crippen LogP contribution < -0.4 is 21.1 Å². The summed E-state index contributed by atoms with van der Waals surface area (Å²) in [5, 5.41) is 5.88. The number of hydrogen-bond acceptors (Lipinski definition) is 3. The Bertz CT molecular complexity index is 788. The van der Waals surface area contributed by atoms with Crippen LogP contribution >= 0.6 is 0 Å². The van der Waals surface area contributed by atoms with Crippen molar-refractivity contribution < 1.29 is 9.53 Å². The van der Waals surface area contributed by atoms with E-state index in [1.807, 2.05) is 42.5 Å². The monoisotopic (exact) mass is 338 g/mol. The van der Waals surface area contributed by atoms with E-state index in [4.69, 9.17) is 10.5 Å². The second-order valence-electron chi connectivity index (χ2n) is 5.85. The summed E-state index contributed by atoms with van der Waals surface area (Å²) in [6.45, 7) is 1.06. The molecule has 2 aromatic rings. The van der Waals surface area contributed by atoms with Gasteiger partial charge in [-0.3, -0.25) is 4.79 Å². The average molecular weight is 338 g/mol. The standard InChI is InChI=1S/C19H22N4O2/c1-21-18(24)14-6-4-5-13(11-14)12-22-19(20)23-16-9-10-25-17-8-3-2-7-15(16)17/h2-8,11,16H,9-10,12H2,1H3,(H,21,24)(H3,20,22,23). The van der Waals surface area contributed by atoms with Crippen LogP contribution in [0, 0.1) is 0 Å². The van der Waals surface area contributed by atoms with Gasteiger partial charge in [-0.2, -0.15) is 0 Å². The van der Waals surface area contributed by atoms with Gasteiger partial charge in [-0.15, -0.1) is 0 Å². The highest BCUT2D eigenvalue weighted by Gasteiger charge is 2.21. The Hall–Kier alpha value is -3.02. The van der Waals surface area contributed by atoms with E-state index in [2.05, 4.69) is 15.6 Å². The van der Waals surface area contributed by atoms with Crippen molar-refractivity contribution in [2.75, 3.05) is 13.7 Å². The Morgan fingerprint density at radius 3 is 2.96 bits per heavy atom. The van der Waals surface area contributed by atoms with E-state index in [9.17, 15) is 4.79 Å². The van der Waals surface area contributed by atoms with Crippen molar-refractivity contribution in [1.29, 1.82) is 0 Å². The number of guanidine groups is 1. The lowest BCUT2D eigenvalue weighted by molar-refractivity contribution is 0.0963. The van der Waals surface area contributed by atoms with Crippen molar-refractivity contribution >= 4 is 11.9 Å². The lowest BCUT2D eigenvalue weighted by Gasteiger charge is -2.26. The number of para-hydroxylation sites is 1. The quantitative estimate of drug-likeness (QED) is 0.587. The van der Waals surface area contributed by atoms with Crippen LogP contribution in [-0.4, -0.2) is 25.5 Å². The van der Waals surface area contributed by atoms with E-state index in [0.29, 0.717) is 24.7 Å². The van der Waals surface area contributed by atoms with E-state index in [-0.39, 0.29) is 11.9 Å². The van der Waals surface area contributed by atoms with E-state index in [0.717, 1.165) is 23.3 Å². The summed E-state index contributed by atoms with van der Waals surface area (Å²) in [5.41, 5.74) is 8.68. The molecule has 0 spiro atoms. The normalized spacial score (nSPS) is 16.5. The van der Waals surface area contributed by atoms with Gasteiger partial charge in [0.25, 0.3) is 5.91 Å². The van der Waals surface area contributed by atoms with Crippen LogP contribution in [0.25, 0.3) is 0 Å². The highest BCUT2D eigenvalue weighted by atomic mass is 16.5. The maximum atomic E-state index is 11.7. The van der Waals surface area contributed by atoms with Gasteiger partial charge in [-0.1, -0.05) is 30.3 Å². The fourth-order valence-electron chi connectivity index (χ4n) is 2.85. The number of benzene rings is 2. The van der Waals surface area contributed by atoms with Crippen LogP contribution in [0.4, 0.5) is 0 Å². The molecule has 0 radical (unpaired) electrons. The zero-order valence-electron chi connectivity index (χ0n) is 14.2. The number of nitrogens with one attached hydrogen (secondary N) is 2. The molecular weight excluding hydrogens is 316 g/mol. The van der Waals surface area contributed by atoms with Crippen LogP contribution in [0.1, 0.15) is 33.9 Å². The van der Waals surface area contributed by atoms with Crippen molar-refractivity contribution in [3.05, 3.63) is 65.2 Å². The zero-order valence-corrected chi connectivity index (χ0v) is 14.2. The maximum Gasteiger partial charge on any atom is 0.251 e. The number of fused-ring (bicyclic) bond motifs is 1. The summed E-state index contributed by atoms with van der Waals surface area (Å²) in [6.07, 6.45) is 0.833. The molecule has 1 heterocycles. The largest absolute Gasteiger partial charge is 0.493 e. The van der Waals surface area contributed by atoms with Crippen LogP contribution in [0.15, 0.2) is 53.5 Å². The number of amides is 1. The Kier molecular flexibility index (Phi) is 5.18. The molecule has 6 heteroatoms. The molecule has 3 rings (SSSR count). The van der Waals surface area contributed by atoms with Gasteiger partial charge in [0.1, 0.15) is 5.75 Å². The first-order valence-corrected chi connectivity index (χ1v) is 8.26.